The van der Waals surface area contributed by atoms with Gasteiger partial charge in [-0.3, -0.25) is 4.79 Å². The first-order valence-electron chi connectivity index (χ1n) is 5.90. The van der Waals surface area contributed by atoms with Gasteiger partial charge in [-0.25, -0.2) is 4.98 Å². The number of furan rings is 1. The van der Waals surface area contributed by atoms with Gasteiger partial charge in [0.25, 0.3) is 5.91 Å². The molecule has 0 saturated carbocycles. The molecule has 96 valence electrons. The third kappa shape index (κ3) is 2.51. The van der Waals surface area contributed by atoms with Crippen LogP contribution in [0.3, 0.4) is 0 Å². The number of carbonyl (C=O) groups excluding carboxylic acids is 1. The summed E-state index contributed by atoms with van der Waals surface area (Å²) in [5.74, 6) is 0.614. The van der Waals surface area contributed by atoms with Crippen LogP contribution in [0.2, 0.25) is 0 Å². The number of rotatable bonds is 3. The summed E-state index contributed by atoms with van der Waals surface area (Å²) in [6.45, 7) is 2.35. The molecule has 2 aromatic heterocycles. The van der Waals surface area contributed by atoms with Gasteiger partial charge in [0, 0.05) is 5.56 Å². The average molecular weight is 272 g/mol. The second-order valence-corrected chi connectivity index (χ2v) is 5.41. The van der Waals surface area contributed by atoms with E-state index in [4.69, 9.17) is 4.42 Å². The summed E-state index contributed by atoms with van der Waals surface area (Å²) >= 11 is 1.63. The zero-order chi connectivity index (χ0) is 13.2. The number of carbonyl (C=O) groups is 1. The number of aryl methyl sites for hydroxylation is 1. The lowest BCUT2D eigenvalue weighted by molar-refractivity contribution is 0.0948. The van der Waals surface area contributed by atoms with Crippen LogP contribution >= 0.6 is 11.3 Å². The fourth-order valence-corrected chi connectivity index (χ4v) is 2.67. The second-order valence-electron chi connectivity index (χ2n) is 4.18. The average Bonchev–Trinajstić information content (AvgIpc) is 3.02. The van der Waals surface area contributed by atoms with E-state index in [1.165, 1.54) is 0 Å². The molecule has 1 N–H and O–H groups in total. The third-order valence-electron chi connectivity index (χ3n) is 2.76. The molecule has 3 aromatic rings. The van der Waals surface area contributed by atoms with Crippen molar-refractivity contribution in [3.8, 4) is 0 Å². The molecule has 3 rings (SSSR count). The van der Waals surface area contributed by atoms with Gasteiger partial charge in [0.1, 0.15) is 5.76 Å². The van der Waals surface area contributed by atoms with E-state index in [2.05, 4.69) is 10.3 Å². The van der Waals surface area contributed by atoms with Crippen LogP contribution in [-0.4, -0.2) is 10.9 Å². The van der Waals surface area contributed by atoms with Crippen molar-refractivity contribution >= 4 is 27.5 Å². The van der Waals surface area contributed by atoms with Crippen molar-refractivity contribution in [1.29, 1.82) is 0 Å². The molecule has 1 amide bonds. The molecule has 0 saturated heterocycles. The lowest BCUT2D eigenvalue weighted by Gasteiger charge is -2.03. The Morgan fingerprint density at radius 3 is 3.11 bits per heavy atom. The Labute approximate surface area is 114 Å². The minimum Gasteiger partial charge on any atom is -0.467 e. The summed E-state index contributed by atoms with van der Waals surface area (Å²) in [4.78, 5) is 16.4. The normalized spacial score (nSPS) is 10.8. The highest BCUT2D eigenvalue weighted by Crippen LogP contribution is 2.22. The highest BCUT2D eigenvalue weighted by Gasteiger charge is 2.08. The maximum atomic E-state index is 12.0. The molecule has 0 aliphatic heterocycles. The first kappa shape index (κ1) is 11.9. The molecule has 0 radical (unpaired) electrons. The minimum atomic E-state index is -0.121. The van der Waals surface area contributed by atoms with Crippen LogP contribution in [0.15, 0.2) is 41.0 Å². The van der Waals surface area contributed by atoms with Gasteiger partial charge in [-0.05, 0) is 37.3 Å². The summed E-state index contributed by atoms with van der Waals surface area (Å²) in [5.41, 5.74) is 1.48. The molecular weight excluding hydrogens is 260 g/mol. The van der Waals surface area contributed by atoms with Crippen LogP contribution < -0.4 is 5.32 Å². The molecule has 1 aromatic carbocycles. The van der Waals surface area contributed by atoms with E-state index in [9.17, 15) is 4.79 Å². The molecule has 4 nitrogen and oxygen atoms in total. The molecule has 0 fully saturated rings. The van der Waals surface area contributed by atoms with Crippen LogP contribution in [0.4, 0.5) is 0 Å². The molecule has 0 atom stereocenters. The first-order chi connectivity index (χ1) is 9.22. The summed E-state index contributed by atoms with van der Waals surface area (Å²) in [7, 11) is 0. The monoisotopic (exact) mass is 272 g/mol. The van der Waals surface area contributed by atoms with Gasteiger partial charge in [-0.1, -0.05) is 0 Å². The lowest BCUT2D eigenvalue weighted by atomic mass is 10.2. The molecule has 0 bridgehead atoms. The van der Waals surface area contributed by atoms with Crippen molar-refractivity contribution < 1.29 is 9.21 Å². The number of amides is 1. The largest absolute Gasteiger partial charge is 0.467 e. The SMILES string of the molecule is Cc1nc2cc(C(=O)NCc3ccco3)ccc2s1. The zero-order valence-electron chi connectivity index (χ0n) is 10.3. The maximum Gasteiger partial charge on any atom is 0.251 e. The van der Waals surface area contributed by atoms with Gasteiger partial charge in [0.05, 0.1) is 28.0 Å². The predicted molar refractivity (Wildman–Crippen MR) is 74.2 cm³/mol. The van der Waals surface area contributed by atoms with Gasteiger partial charge >= 0.3 is 0 Å². The number of hydrogen-bond acceptors (Lipinski definition) is 4. The molecule has 5 heteroatoms. The predicted octanol–water partition coefficient (Wildman–Crippen LogP) is 3.13. The fraction of sp³-hybridized carbons (Fsp3) is 0.143. The van der Waals surface area contributed by atoms with Crippen molar-refractivity contribution in [3.05, 3.63) is 52.9 Å². The van der Waals surface area contributed by atoms with Gasteiger partial charge < -0.3 is 9.73 Å². The van der Waals surface area contributed by atoms with E-state index in [-0.39, 0.29) is 5.91 Å². The number of nitrogens with one attached hydrogen (secondary N) is 1. The van der Waals surface area contributed by atoms with Crippen LogP contribution in [0.25, 0.3) is 10.2 Å². The number of fused-ring (bicyclic) bond motifs is 1. The van der Waals surface area contributed by atoms with Crippen molar-refractivity contribution in [2.45, 2.75) is 13.5 Å². The standard InChI is InChI=1S/C14H12N2O2S/c1-9-16-12-7-10(4-5-13(12)19-9)14(17)15-8-11-3-2-6-18-11/h2-7H,8H2,1H3,(H,15,17). The van der Waals surface area contributed by atoms with Crippen molar-refractivity contribution in [2.24, 2.45) is 0 Å². The highest BCUT2D eigenvalue weighted by molar-refractivity contribution is 7.18. The van der Waals surface area contributed by atoms with Crippen molar-refractivity contribution in [3.63, 3.8) is 0 Å². The Morgan fingerprint density at radius 1 is 1.42 bits per heavy atom. The summed E-state index contributed by atoms with van der Waals surface area (Å²) in [6.07, 6.45) is 1.59. The van der Waals surface area contributed by atoms with E-state index < -0.39 is 0 Å². The molecule has 0 aliphatic carbocycles. The Balaban J connectivity index is 1.77. The molecule has 2 heterocycles. The number of hydrogen-bond donors (Lipinski definition) is 1. The fourth-order valence-electron chi connectivity index (χ4n) is 1.87. The topological polar surface area (TPSA) is 55.1 Å². The van der Waals surface area contributed by atoms with E-state index in [0.29, 0.717) is 12.1 Å². The Hall–Kier alpha value is -2.14. The number of benzene rings is 1. The van der Waals surface area contributed by atoms with Crippen molar-refractivity contribution in [1.82, 2.24) is 10.3 Å². The van der Waals surface area contributed by atoms with Crippen LogP contribution in [-0.2, 0) is 6.54 Å². The summed E-state index contributed by atoms with van der Waals surface area (Å²) in [6, 6.07) is 9.19. The second kappa shape index (κ2) is 4.85. The van der Waals surface area contributed by atoms with E-state index in [0.717, 1.165) is 21.0 Å². The summed E-state index contributed by atoms with van der Waals surface area (Å²) < 4.78 is 6.27. The smallest absolute Gasteiger partial charge is 0.251 e. The first-order valence-corrected chi connectivity index (χ1v) is 6.72. The van der Waals surface area contributed by atoms with E-state index in [1.807, 2.05) is 31.2 Å². The van der Waals surface area contributed by atoms with Crippen LogP contribution in [0.1, 0.15) is 21.1 Å². The van der Waals surface area contributed by atoms with Gasteiger partial charge in [-0.2, -0.15) is 0 Å². The Morgan fingerprint density at radius 2 is 2.32 bits per heavy atom. The minimum absolute atomic E-state index is 0.121. The zero-order valence-corrected chi connectivity index (χ0v) is 11.2. The van der Waals surface area contributed by atoms with Crippen LogP contribution in [0.5, 0.6) is 0 Å². The molecular formula is C14H12N2O2S. The van der Waals surface area contributed by atoms with Gasteiger partial charge in [-0.15, -0.1) is 11.3 Å². The number of aromatic nitrogens is 1. The van der Waals surface area contributed by atoms with E-state index in [1.54, 1.807) is 23.7 Å². The highest BCUT2D eigenvalue weighted by atomic mass is 32.1. The van der Waals surface area contributed by atoms with E-state index >= 15 is 0 Å². The third-order valence-corrected chi connectivity index (χ3v) is 3.71. The number of thiazole rings is 1. The van der Waals surface area contributed by atoms with Crippen LogP contribution in [0, 0.1) is 6.92 Å². The molecule has 0 spiro atoms. The quantitative estimate of drug-likeness (QED) is 0.797. The van der Waals surface area contributed by atoms with Gasteiger partial charge in [0.2, 0.25) is 0 Å². The Bertz CT molecular complexity index is 716. The summed E-state index contributed by atoms with van der Waals surface area (Å²) in [5, 5.41) is 3.82. The van der Waals surface area contributed by atoms with Crippen molar-refractivity contribution in [2.75, 3.05) is 0 Å². The molecule has 0 aliphatic rings. The lowest BCUT2D eigenvalue weighted by Crippen LogP contribution is -2.22. The number of nitrogens with zero attached hydrogens (tertiary/aromatic N) is 1. The Kier molecular flexibility index (Phi) is 3.05. The molecule has 19 heavy (non-hydrogen) atoms. The maximum absolute atomic E-state index is 12.0. The molecule has 0 unspecified atom stereocenters. The van der Waals surface area contributed by atoms with Gasteiger partial charge in [0.15, 0.2) is 0 Å².